The van der Waals surface area contributed by atoms with Crippen LogP contribution in [0.25, 0.3) is 0 Å². The molecule has 4 aromatic rings. The van der Waals surface area contributed by atoms with E-state index in [-0.39, 0.29) is 21.8 Å². The second-order valence-electron chi connectivity index (χ2n) is 9.61. The van der Waals surface area contributed by atoms with Gasteiger partial charge >= 0.3 is 5.51 Å². The smallest absolute Gasteiger partial charge is 0.485 e. The number of hydrogen-bond donors (Lipinski definition) is 0. The average Bonchev–Trinajstić information content (AvgIpc) is 2.96. The van der Waals surface area contributed by atoms with Crippen LogP contribution in [0.15, 0.2) is 84.9 Å². The molecule has 0 aliphatic heterocycles. The van der Waals surface area contributed by atoms with Gasteiger partial charge in [0.05, 0.1) is 15.6 Å². The summed E-state index contributed by atoms with van der Waals surface area (Å²) in [6.07, 6.45) is 0. The fourth-order valence-corrected chi connectivity index (χ4v) is 3.35. The molecule has 0 radical (unpaired) electrons. The van der Waals surface area contributed by atoms with E-state index in [2.05, 4.69) is 0 Å². The number of carbonyl (C=O) groups is 3. The van der Waals surface area contributed by atoms with Gasteiger partial charge in [-0.3, -0.25) is 19.1 Å². The molecule has 0 aliphatic carbocycles. The summed E-state index contributed by atoms with van der Waals surface area (Å²) in [4.78, 5) is 32.6. The molecule has 7 nitrogen and oxygen atoms in total. The Labute approximate surface area is 278 Å². The van der Waals surface area contributed by atoms with Gasteiger partial charge in [-0.1, -0.05) is 48.5 Å². The molecule has 0 atom stereocenters. The monoisotopic (exact) mass is 723 g/mol. The van der Waals surface area contributed by atoms with E-state index in [0.29, 0.717) is 16.2 Å². The second kappa shape index (κ2) is 21.2. The van der Waals surface area contributed by atoms with Crippen molar-refractivity contribution in [1.82, 2.24) is 0 Å². The first-order chi connectivity index (χ1) is 22.0. The Bertz CT molecular complexity index is 1760. The van der Waals surface area contributed by atoms with Crippen molar-refractivity contribution in [3.8, 4) is 0 Å². The molecule has 268 valence electrons. The number of pyridine rings is 1. The normalized spacial score (nSPS) is 10.1. The number of carbonyl (C=O) groups excluding carboxylic acids is 3. The van der Waals surface area contributed by atoms with Crippen molar-refractivity contribution < 1.29 is 67.7 Å². The first-order valence-electron chi connectivity index (χ1n) is 13.5. The SMILES string of the molecule is CC(=O)c1c(F)cccc1F.CC(=O)c1ccccc1.CC(=O)c1ccccc1F.Cc1cc(C)[n+](F)c(C)c1.F.O=S(=O)([O-])C(F)(F)F. The molecular formula is C33H33F8NO6S. The van der Waals surface area contributed by atoms with Crippen molar-refractivity contribution >= 4 is 27.5 Å². The Morgan fingerprint density at radius 1 is 0.653 bits per heavy atom. The Morgan fingerprint density at radius 3 is 1.33 bits per heavy atom. The molecule has 0 unspecified atom stereocenters. The lowest BCUT2D eigenvalue weighted by molar-refractivity contribution is -0.852. The molecule has 1 aromatic heterocycles. The highest BCUT2D eigenvalue weighted by Crippen LogP contribution is 2.20. The van der Waals surface area contributed by atoms with Crippen LogP contribution in [0.5, 0.6) is 0 Å². The van der Waals surface area contributed by atoms with Crippen molar-refractivity contribution in [3.63, 3.8) is 0 Å². The maximum Gasteiger partial charge on any atom is 0.485 e. The number of ketones is 3. The number of benzene rings is 3. The summed E-state index contributed by atoms with van der Waals surface area (Å²) in [5, 5.41) is 0. The van der Waals surface area contributed by atoms with Crippen LogP contribution >= 0.6 is 0 Å². The summed E-state index contributed by atoms with van der Waals surface area (Å²) in [5.41, 5.74) is -2.78. The predicted octanol–water partition coefficient (Wildman–Crippen LogP) is 7.92. The zero-order valence-electron chi connectivity index (χ0n) is 26.9. The number of aromatic nitrogens is 1. The molecular weight excluding hydrogens is 690 g/mol. The van der Waals surface area contributed by atoms with Gasteiger partial charge in [-0.2, -0.15) is 13.2 Å². The molecule has 0 N–H and O–H groups in total. The van der Waals surface area contributed by atoms with Crippen LogP contribution in [0.2, 0.25) is 0 Å². The van der Waals surface area contributed by atoms with Crippen LogP contribution in [-0.2, 0) is 10.1 Å². The maximum absolute atomic E-state index is 12.8. The molecule has 0 amide bonds. The molecule has 0 fully saturated rings. The third-order valence-corrected chi connectivity index (χ3v) is 6.09. The molecule has 0 saturated carbocycles. The van der Waals surface area contributed by atoms with E-state index >= 15 is 0 Å². The highest BCUT2D eigenvalue weighted by molar-refractivity contribution is 7.86. The fraction of sp³-hybridized carbons (Fsp3) is 0.212. The van der Waals surface area contributed by atoms with Crippen molar-refractivity contribution in [1.29, 1.82) is 0 Å². The third kappa shape index (κ3) is 17.2. The molecule has 0 saturated heterocycles. The van der Waals surface area contributed by atoms with Gasteiger partial charge in [-0.25, -0.2) is 21.6 Å². The third-order valence-electron chi connectivity index (χ3n) is 5.52. The zero-order chi connectivity index (χ0) is 37.4. The minimum absolute atomic E-state index is 0. The molecule has 4 rings (SSSR count). The van der Waals surface area contributed by atoms with Crippen molar-refractivity contribution in [3.05, 3.63) is 136 Å². The maximum atomic E-state index is 12.8. The van der Waals surface area contributed by atoms with Crippen molar-refractivity contribution in [2.75, 3.05) is 0 Å². The van der Waals surface area contributed by atoms with Gasteiger partial charge in [-0.15, -0.1) is 0 Å². The van der Waals surface area contributed by atoms with Crippen LogP contribution in [-0.4, -0.2) is 35.8 Å². The van der Waals surface area contributed by atoms with Gasteiger partial charge < -0.3 is 4.55 Å². The minimum Gasteiger partial charge on any atom is -0.741 e. The van der Waals surface area contributed by atoms with E-state index in [0.717, 1.165) is 30.2 Å². The molecule has 0 bridgehead atoms. The zero-order valence-corrected chi connectivity index (χ0v) is 27.8. The lowest BCUT2D eigenvalue weighted by Gasteiger charge is -2.08. The summed E-state index contributed by atoms with van der Waals surface area (Å²) in [6.45, 7) is 9.50. The van der Waals surface area contributed by atoms with Crippen LogP contribution in [0.4, 0.5) is 35.5 Å². The second-order valence-corrected chi connectivity index (χ2v) is 11.0. The van der Waals surface area contributed by atoms with Crippen LogP contribution in [0.3, 0.4) is 0 Å². The molecule has 0 spiro atoms. The van der Waals surface area contributed by atoms with E-state index in [1.54, 1.807) is 32.9 Å². The van der Waals surface area contributed by atoms with Gasteiger partial charge in [-0.05, 0) is 57.5 Å². The number of hydrogen-bond acceptors (Lipinski definition) is 6. The lowest BCUT2D eigenvalue weighted by atomic mass is 10.1. The summed E-state index contributed by atoms with van der Waals surface area (Å²) >= 11 is 0. The van der Waals surface area contributed by atoms with Crippen molar-refractivity contribution in [2.24, 2.45) is 0 Å². The Kier molecular flexibility index (Phi) is 20.0. The van der Waals surface area contributed by atoms with E-state index in [9.17, 15) is 45.2 Å². The number of alkyl halides is 3. The molecule has 49 heavy (non-hydrogen) atoms. The number of rotatable bonds is 3. The summed E-state index contributed by atoms with van der Waals surface area (Å²) in [7, 11) is -6.09. The largest absolute Gasteiger partial charge is 0.741 e. The summed E-state index contributed by atoms with van der Waals surface area (Å²) < 4.78 is 110. The fourth-order valence-electron chi connectivity index (χ4n) is 3.35. The van der Waals surface area contributed by atoms with E-state index in [4.69, 9.17) is 13.0 Å². The van der Waals surface area contributed by atoms with E-state index < -0.39 is 44.4 Å². The Hall–Kier alpha value is -4.83. The molecule has 0 aliphatic rings. The highest BCUT2D eigenvalue weighted by Gasteiger charge is 2.36. The molecule has 16 heteroatoms. The van der Waals surface area contributed by atoms with Gasteiger partial charge in [0, 0.05) is 36.3 Å². The van der Waals surface area contributed by atoms with E-state index in [1.807, 2.05) is 49.4 Å². The Morgan fingerprint density at radius 2 is 1.04 bits per heavy atom. The number of Topliss-reactive ketones (excluding diaryl/α,β-unsaturated/α-hetero) is 3. The summed E-state index contributed by atoms with van der Waals surface area (Å²) in [6, 6.07) is 22.1. The number of nitrogens with zero attached hydrogens (tertiary/aromatic N) is 1. The van der Waals surface area contributed by atoms with Crippen molar-refractivity contribution in [2.45, 2.75) is 47.1 Å². The predicted molar refractivity (Wildman–Crippen MR) is 165 cm³/mol. The summed E-state index contributed by atoms with van der Waals surface area (Å²) in [5.74, 6) is -2.78. The van der Waals surface area contributed by atoms with E-state index in [1.165, 1.54) is 25.1 Å². The Balaban J connectivity index is 0. The highest BCUT2D eigenvalue weighted by atomic mass is 32.2. The first-order valence-corrected chi connectivity index (χ1v) is 14.9. The molecule has 3 aromatic carbocycles. The van der Waals surface area contributed by atoms with Gasteiger partial charge in [0.25, 0.3) is 0 Å². The van der Waals surface area contributed by atoms with Gasteiger partial charge in [0.15, 0.2) is 27.5 Å². The molecule has 1 heterocycles. The lowest BCUT2D eigenvalue weighted by Crippen LogP contribution is -2.30. The van der Waals surface area contributed by atoms with Crippen LogP contribution < -0.4 is 4.79 Å². The average molecular weight is 724 g/mol. The van der Waals surface area contributed by atoms with Crippen LogP contribution in [0.1, 0.15) is 68.8 Å². The number of halogens is 8. The standard InChI is InChI=1S/C8H6F2O.C8H11FN.C8H7FO.C8H8O.CHF3O3S.FH/c1-5(11)8-6(9)3-2-4-7(8)10;1-6-4-7(2)10(9)8(3)5-6;1-6(10)7-4-2-3-5-8(7)9;1-7(9)8-5-3-2-4-6-8;2-1(3,4)8(5,6)7;/h2-4H,1H3;4-5H,1-3H3;2-5H,1H3;2-6H,1H3;(H,5,6,7);1H/q;+1;;;;/p-1. The van der Waals surface area contributed by atoms with Gasteiger partial charge in [0.1, 0.15) is 17.5 Å². The van der Waals surface area contributed by atoms with Gasteiger partial charge in [0.2, 0.25) is 11.4 Å². The van der Waals surface area contributed by atoms with Crippen LogP contribution in [0, 0.1) is 38.2 Å². The minimum atomic E-state index is -6.09. The number of aryl methyl sites for hydroxylation is 3. The topological polar surface area (TPSA) is 112 Å². The quantitative estimate of drug-likeness (QED) is 0.0919. The first kappa shape index (κ1) is 46.3.